The smallest absolute Gasteiger partial charge is 0.329 e. The summed E-state index contributed by atoms with van der Waals surface area (Å²) in [5.41, 5.74) is -1.00. The summed E-state index contributed by atoms with van der Waals surface area (Å²) in [7, 11) is 0. The summed E-state index contributed by atoms with van der Waals surface area (Å²) < 4.78 is 0.759. The van der Waals surface area contributed by atoms with Crippen molar-refractivity contribution in [1.82, 2.24) is 20.2 Å². The Morgan fingerprint density at radius 1 is 1.16 bits per heavy atom. The molecule has 2 rings (SSSR count). The van der Waals surface area contributed by atoms with Crippen LogP contribution in [0.5, 0.6) is 0 Å². The van der Waals surface area contributed by atoms with Crippen molar-refractivity contribution in [2.24, 2.45) is 5.92 Å². The van der Waals surface area contributed by atoms with Gasteiger partial charge in [0.2, 0.25) is 11.8 Å². The molecule has 0 saturated carbocycles. The number of thioether (sulfide) groups is 1. The minimum atomic E-state index is -1.17. The summed E-state index contributed by atoms with van der Waals surface area (Å²) in [6.45, 7) is 2.74. The van der Waals surface area contributed by atoms with Crippen LogP contribution < -0.4 is 21.9 Å². The maximum Gasteiger partial charge on any atom is 0.329 e. The second kappa shape index (κ2) is 10.8. The molecule has 0 radical (unpaired) electrons. The number of carbonyl (C=O) groups is 3. The molecular weight excluding hydrogens is 424 g/mol. The Bertz CT molecular complexity index is 1080. The molecule has 0 fully saturated rings. The molecule has 1 heterocycles. The molecule has 0 bridgehead atoms. The average Bonchev–Trinajstić information content (AvgIpc) is 2.71. The second-order valence-corrected chi connectivity index (χ2v) is 8.32. The van der Waals surface area contributed by atoms with Crippen molar-refractivity contribution in [3.8, 4) is 0 Å². The Labute approximate surface area is 182 Å². The van der Waals surface area contributed by atoms with E-state index < -0.39 is 47.7 Å². The molecule has 4 N–H and O–H groups in total. The summed E-state index contributed by atoms with van der Waals surface area (Å²) in [5, 5.41) is 14.5. The average molecular weight is 451 g/mol. The number of hydrogen-bond acceptors (Lipinski definition) is 6. The van der Waals surface area contributed by atoms with E-state index in [9.17, 15) is 29.1 Å². The Balaban J connectivity index is 2.20. The van der Waals surface area contributed by atoms with Gasteiger partial charge in [-0.1, -0.05) is 26.0 Å². The molecule has 0 spiro atoms. The molecule has 0 aliphatic rings. The van der Waals surface area contributed by atoms with Crippen LogP contribution >= 0.6 is 11.8 Å². The number of aliphatic carboxylic acids is 1. The van der Waals surface area contributed by atoms with Gasteiger partial charge < -0.3 is 20.7 Å². The number of hydrogen-bond donors (Lipinski definition) is 4. The van der Waals surface area contributed by atoms with Crippen molar-refractivity contribution in [2.45, 2.75) is 38.9 Å². The molecule has 168 valence electrons. The quantitative estimate of drug-likeness (QED) is 0.402. The van der Waals surface area contributed by atoms with Gasteiger partial charge >= 0.3 is 11.7 Å². The lowest BCUT2D eigenvalue weighted by Gasteiger charge is -2.23. The van der Waals surface area contributed by atoms with Crippen LogP contribution in [0, 0.1) is 5.92 Å². The van der Waals surface area contributed by atoms with Crippen molar-refractivity contribution >= 4 is 40.4 Å². The number of fused-ring (bicyclic) bond motifs is 1. The summed E-state index contributed by atoms with van der Waals surface area (Å²) >= 11 is 1.46. The first-order valence-corrected chi connectivity index (χ1v) is 11.1. The number of nitrogens with zero attached hydrogens (tertiary/aromatic N) is 1. The van der Waals surface area contributed by atoms with E-state index in [0.29, 0.717) is 11.3 Å². The fraction of sp³-hybridized carbons (Fsp3) is 0.450. The van der Waals surface area contributed by atoms with Crippen LogP contribution in [0.4, 0.5) is 0 Å². The van der Waals surface area contributed by atoms with Crippen molar-refractivity contribution in [1.29, 1.82) is 0 Å². The fourth-order valence-electron chi connectivity index (χ4n) is 3.00. The molecule has 2 atom stereocenters. The van der Waals surface area contributed by atoms with Gasteiger partial charge in [-0.15, -0.1) is 0 Å². The number of benzene rings is 1. The Hall–Kier alpha value is -3.08. The number of H-pyrrole nitrogens is 1. The highest BCUT2D eigenvalue weighted by molar-refractivity contribution is 7.98. The highest BCUT2D eigenvalue weighted by atomic mass is 32.2. The summed E-state index contributed by atoms with van der Waals surface area (Å²) in [5.74, 6) is -2.33. The topological polar surface area (TPSA) is 150 Å². The minimum Gasteiger partial charge on any atom is -0.480 e. The number of nitrogens with one attached hydrogen (secondary N) is 3. The first-order valence-electron chi connectivity index (χ1n) is 9.69. The van der Waals surface area contributed by atoms with Crippen molar-refractivity contribution in [3.63, 3.8) is 0 Å². The molecule has 2 unspecified atom stereocenters. The zero-order valence-electron chi connectivity index (χ0n) is 17.5. The van der Waals surface area contributed by atoms with E-state index in [1.54, 1.807) is 32.0 Å². The third-order valence-electron chi connectivity index (χ3n) is 4.68. The zero-order valence-corrected chi connectivity index (χ0v) is 18.3. The molecule has 11 heteroatoms. The number of carboxylic acid groups (broad SMARTS) is 1. The highest BCUT2D eigenvalue weighted by Gasteiger charge is 2.28. The standard InChI is InChI=1S/C20H26N4O6S/c1-11(2)16(19(28)29)23-17(26)14(8-9-31-3)21-15(25)10-24-18(27)12-6-4-5-7-13(12)22-20(24)30/h4-7,11,14,16H,8-10H2,1-3H3,(H,21,25)(H,22,30)(H,23,26)(H,28,29). The maximum absolute atomic E-state index is 12.6. The van der Waals surface area contributed by atoms with Gasteiger partial charge in [-0.2, -0.15) is 11.8 Å². The largest absolute Gasteiger partial charge is 0.480 e. The van der Waals surface area contributed by atoms with Crippen LogP contribution in [0.2, 0.25) is 0 Å². The number of aromatic nitrogens is 2. The molecule has 31 heavy (non-hydrogen) atoms. The molecule has 2 amide bonds. The normalized spacial score (nSPS) is 13.0. The van der Waals surface area contributed by atoms with Gasteiger partial charge in [0.15, 0.2) is 0 Å². The Morgan fingerprint density at radius 2 is 1.84 bits per heavy atom. The molecule has 2 aromatic rings. The number of amides is 2. The van der Waals surface area contributed by atoms with Crippen LogP contribution in [-0.4, -0.2) is 56.5 Å². The number of carbonyl (C=O) groups excluding carboxylic acids is 2. The molecule has 0 aliphatic heterocycles. The number of para-hydroxylation sites is 1. The lowest BCUT2D eigenvalue weighted by molar-refractivity contribution is -0.143. The van der Waals surface area contributed by atoms with Crippen LogP contribution in [0.3, 0.4) is 0 Å². The first-order chi connectivity index (χ1) is 14.6. The summed E-state index contributed by atoms with van der Waals surface area (Å²) in [4.78, 5) is 64.0. The Morgan fingerprint density at radius 3 is 2.45 bits per heavy atom. The summed E-state index contributed by atoms with van der Waals surface area (Å²) in [6.07, 6.45) is 2.09. The lowest BCUT2D eigenvalue weighted by Crippen LogP contribution is -2.54. The fourth-order valence-corrected chi connectivity index (χ4v) is 3.47. The minimum absolute atomic E-state index is 0.256. The van der Waals surface area contributed by atoms with Gasteiger partial charge in [-0.3, -0.25) is 19.0 Å². The molecule has 0 aliphatic carbocycles. The van der Waals surface area contributed by atoms with Crippen molar-refractivity contribution in [3.05, 3.63) is 45.1 Å². The van der Waals surface area contributed by atoms with Crippen molar-refractivity contribution in [2.75, 3.05) is 12.0 Å². The van der Waals surface area contributed by atoms with Gasteiger partial charge in [-0.25, -0.2) is 9.59 Å². The van der Waals surface area contributed by atoms with Crippen molar-refractivity contribution < 1.29 is 19.5 Å². The van der Waals surface area contributed by atoms with E-state index >= 15 is 0 Å². The van der Waals surface area contributed by atoms with E-state index in [1.807, 2.05) is 6.26 Å². The van der Waals surface area contributed by atoms with E-state index in [1.165, 1.54) is 17.8 Å². The molecule has 1 aromatic carbocycles. The monoisotopic (exact) mass is 450 g/mol. The van der Waals surface area contributed by atoms with Gasteiger partial charge in [0.05, 0.1) is 10.9 Å². The molecule has 0 saturated heterocycles. The number of carboxylic acids is 1. The van der Waals surface area contributed by atoms with Gasteiger partial charge in [0.1, 0.15) is 18.6 Å². The zero-order chi connectivity index (χ0) is 23.1. The molecular formula is C20H26N4O6S. The maximum atomic E-state index is 12.6. The van der Waals surface area contributed by atoms with E-state index in [-0.39, 0.29) is 17.7 Å². The predicted octanol–water partition coefficient (Wildman–Crippen LogP) is 0.153. The van der Waals surface area contributed by atoms with Crippen LogP contribution in [0.25, 0.3) is 10.9 Å². The van der Waals surface area contributed by atoms with Gasteiger partial charge in [-0.05, 0) is 36.5 Å². The molecule has 1 aromatic heterocycles. The van der Waals surface area contributed by atoms with Crippen LogP contribution in [0.15, 0.2) is 33.9 Å². The second-order valence-electron chi connectivity index (χ2n) is 7.34. The first kappa shape index (κ1) is 24.2. The SMILES string of the molecule is CSCCC(NC(=O)Cn1c(=O)[nH]c2ccccc2c1=O)C(=O)NC(C(=O)O)C(C)C. The third kappa shape index (κ3) is 6.20. The van der Waals surface area contributed by atoms with Gasteiger partial charge in [0.25, 0.3) is 5.56 Å². The van der Waals surface area contributed by atoms with Crippen LogP contribution in [-0.2, 0) is 20.9 Å². The number of rotatable bonds is 10. The van der Waals surface area contributed by atoms with E-state index in [4.69, 9.17) is 0 Å². The Kier molecular flexibility index (Phi) is 8.43. The summed E-state index contributed by atoms with van der Waals surface area (Å²) in [6, 6.07) is 4.32. The third-order valence-corrected chi connectivity index (χ3v) is 5.33. The van der Waals surface area contributed by atoms with Gasteiger partial charge in [0, 0.05) is 0 Å². The lowest BCUT2D eigenvalue weighted by atomic mass is 10.0. The number of aromatic amines is 1. The molecule has 10 nitrogen and oxygen atoms in total. The van der Waals surface area contributed by atoms with E-state index in [0.717, 1.165) is 4.57 Å². The highest BCUT2D eigenvalue weighted by Crippen LogP contribution is 2.06. The van der Waals surface area contributed by atoms with Crippen LogP contribution in [0.1, 0.15) is 20.3 Å². The van der Waals surface area contributed by atoms with E-state index in [2.05, 4.69) is 15.6 Å². The predicted molar refractivity (Wildman–Crippen MR) is 118 cm³/mol.